The van der Waals surface area contributed by atoms with E-state index in [9.17, 15) is 13.2 Å². The first-order valence-electron chi connectivity index (χ1n) is 11.2. The maximum atomic E-state index is 13.4. The van der Waals surface area contributed by atoms with E-state index in [1.54, 1.807) is 28.2 Å². The third-order valence-corrected chi connectivity index (χ3v) is 10.0. The normalized spacial score (nSPS) is 19.4. The number of benzene rings is 2. The zero-order valence-corrected chi connectivity index (χ0v) is 20.9. The van der Waals surface area contributed by atoms with E-state index < -0.39 is 10.0 Å². The molecule has 0 radical (unpaired) electrons. The average molecular weight is 473 g/mol. The van der Waals surface area contributed by atoms with Gasteiger partial charge in [-0.05, 0) is 55.0 Å². The Labute approximate surface area is 196 Å². The number of carbonyl (C=O) groups excluding carboxylic acids is 1. The number of amides is 1. The molecule has 7 heteroatoms. The maximum Gasteiger partial charge on any atom is 0.254 e. The van der Waals surface area contributed by atoms with Crippen molar-refractivity contribution in [2.45, 2.75) is 55.7 Å². The number of sulfonamides is 1. The van der Waals surface area contributed by atoms with E-state index in [1.807, 2.05) is 48.2 Å². The van der Waals surface area contributed by atoms with Crippen LogP contribution in [0.1, 0.15) is 55.1 Å². The Hall–Kier alpha value is -1.83. The molecular formula is C25H32N2O3S2. The summed E-state index contributed by atoms with van der Waals surface area (Å²) in [5.74, 6) is 0.932. The largest absolute Gasteiger partial charge is 0.323 e. The molecule has 0 saturated carbocycles. The Morgan fingerprint density at radius 2 is 1.53 bits per heavy atom. The van der Waals surface area contributed by atoms with Crippen molar-refractivity contribution in [3.05, 3.63) is 65.2 Å². The van der Waals surface area contributed by atoms with E-state index in [1.165, 1.54) is 5.56 Å². The second-order valence-electron chi connectivity index (χ2n) is 9.80. The number of hydrogen-bond acceptors (Lipinski definition) is 4. The highest BCUT2D eigenvalue weighted by Crippen LogP contribution is 2.45. The first-order chi connectivity index (χ1) is 15.0. The van der Waals surface area contributed by atoms with Gasteiger partial charge in [-0.1, -0.05) is 50.6 Å². The molecule has 0 aromatic heterocycles. The molecule has 172 valence electrons. The Morgan fingerprint density at radius 1 is 0.938 bits per heavy atom. The van der Waals surface area contributed by atoms with Gasteiger partial charge in [0, 0.05) is 31.0 Å². The summed E-state index contributed by atoms with van der Waals surface area (Å²) in [6.07, 6.45) is 1.29. The van der Waals surface area contributed by atoms with Crippen LogP contribution in [0.2, 0.25) is 0 Å². The third-order valence-electron chi connectivity index (χ3n) is 6.58. The van der Waals surface area contributed by atoms with Crippen LogP contribution in [0.4, 0.5) is 0 Å². The predicted octanol–water partition coefficient (Wildman–Crippen LogP) is 4.66. The van der Waals surface area contributed by atoms with E-state index >= 15 is 0 Å². The van der Waals surface area contributed by atoms with E-state index in [-0.39, 0.29) is 16.2 Å². The number of rotatable bonds is 3. The molecule has 2 aromatic carbocycles. The van der Waals surface area contributed by atoms with Crippen LogP contribution >= 0.6 is 11.8 Å². The molecule has 2 fully saturated rings. The number of aryl methyl sites for hydroxylation is 1. The van der Waals surface area contributed by atoms with Crippen molar-refractivity contribution in [3.63, 3.8) is 0 Å². The fraction of sp³-hybridized carbons (Fsp3) is 0.480. The van der Waals surface area contributed by atoms with Crippen molar-refractivity contribution in [3.8, 4) is 0 Å². The van der Waals surface area contributed by atoms with Crippen molar-refractivity contribution in [2.75, 3.05) is 25.4 Å². The third kappa shape index (κ3) is 4.35. The molecule has 2 heterocycles. The van der Waals surface area contributed by atoms with E-state index in [0.29, 0.717) is 42.9 Å². The summed E-state index contributed by atoms with van der Waals surface area (Å²) in [6.45, 7) is 9.98. The van der Waals surface area contributed by atoms with Crippen LogP contribution in [0.15, 0.2) is 53.4 Å². The van der Waals surface area contributed by atoms with Gasteiger partial charge < -0.3 is 4.90 Å². The maximum absolute atomic E-state index is 13.4. The number of hydrogen-bond donors (Lipinski definition) is 0. The van der Waals surface area contributed by atoms with Gasteiger partial charge in [-0.15, -0.1) is 11.8 Å². The summed E-state index contributed by atoms with van der Waals surface area (Å²) in [5.41, 5.74) is 2.99. The van der Waals surface area contributed by atoms with Gasteiger partial charge in [0.1, 0.15) is 0 Å². The Bertz CT molecular complexity index is 1080. The second-order valence-corrected chi connectivity index (χ2v) is 13.2. The van der Waals surface area contributed by atoms with Gasteiger partial charge in [0.15, 0.2) is 0 Å². The average Bonchev–Trinajstić information content (AvgIpc) is 3.16. The molecule has 0 bridgehead atoms. The van der Waals surface area contributed by atoms with E-state index in [0.717, 1.165) is 11.3 Å². The summed E-state index contributed by atoms with van der Waals surface area (Å²) < 4.78 is 27.8. The van der Waals surface area contributed by atoms with Gasteiger partial charge in [0.25, 0.3) is 5.91 Å². The van der Waals surface area contributed by atoms with Gasteiger partial charge in [0.2, 0.25) is 10.0 Å². The fourth-order valence-electron chi connectivity index (χ4n) is 4.51. The Morgan fingerprint density at radius 3 is 2.09 bits per heavy atom. The van der Waals surface area contributed by atoms with Crippen molar-refractivity contribution in [1.82, 2.24) is 9.21 Å². The second kappa shape index (κ2) is 8.50. The molecule has 1 spiro atoms. The Balaban J connectivity index is 1.49. The highest BCUT2D eigenvalue weighted by molar-refractivity contribution is 8.00. The van der Waals surface area contributed by atoms with Crippen LogP contribution in [0, 0.1) is 6.92 Å². The van der Waals surface area contributed by atoms with Crippen molar-refractivity contribution < 1.29 is 13.2 Å². The monoisotopic (exact) mass is 472 g/mol. The minimum absolute atomic E-state index is 0.0437. The molecule has 0 atom stereocenters. The van der Waals surface area contributed by atoms with Crippen LogP contribution in [-0.2, 0) is 15.4 Å². The van der Waals surface area contributed by atoms with Gasteiger partial charge in [-0.25, -0.2) is 8.42 Å². The first kappa shape index (κ1) is 23.3. The van der Waals surface area contributed by atoms with Crippen molar-refractivity contribution in [1.29, 1.82) is 0 Å². The van der Waals surface area contributed by atoms with Crippen LogP contribution in [0.25, 0.3) is 0 Å². The number of nitrogens with zero attached hydrogens (tertiary/aromatic N) is 2. The minimum Gasteiger partial charge on any atom is -0.323 e. The molecule has 2 aliphatic rings. The smallest absolute Gasteiger partial charge is 0.254 e. The molecule has 32 heavy (non-hydrogen) atoms. The van der Waals surface area contributed by atoms with Crippen LogP contribution in [0.3, 0.4) is 0 Å². The molecule has 2 aromatic rings. The van der Waals surface area contributed by atoms with Crippen LogP contribution in [0.5, 0.6) is 0 Å². The highest BCUT2D eigenvalue weighted by atomic mass is 32.2. The van der Waals surface area contributed by atoms with E-state index in [4.69, 9.17) is 0 Å². The summed E-state index contributed by atoms with van der Waals surface area (Å²) in [6, 6.07) is 15.0. The van der Waals surface area contributed by atoms with Crippen LogP contribution < -0.4 is 0 Å². The molecule has 2 aliphatic heterocycles. The predicted molar refractivity (Wildman–Crippen MR) is 131 cm³/mol. The van der Waals surface area contributed by atoms with Crippen molar-refractivity contribution >= 4 is 27.7 Å². The lowest BCUT2D eigenvalue weighted by atomic mass is 9.86. The lowest BCUT2D eigenvalue weighted by Crippen LogP contribution is -2.53. The molecule has 4 rings (SSSR count). The highest BCUT2D eigenvalue weighted by Gasteiger charge is 2.48. The molecule has 5 nitrogen and oxygen atoms in total. The molecule has 1 amide bonds. The molecule has 0 unspecified atom stereocenters. The summed E-state index contributed by atoms with van der Waals surface area (Å²) >= 11 is 1.80. The molecule has 2 saturated heterocycles. The van der Waals surface area contributed by atoms with Gasteiger partial charge in [-0.3, -0.25) is 4.79 Å². The quantitative estimate of drug-likeness (QED) is 0.652. The zero-order chi connectivity index (χ0) is 23.1. The van der Waals surface area contributed by atoms with Crippen LogP contribution in [-0.4, -0.2) is 53.8 Å². The van der Waals surface area contributed by atoms with E-state index in [2.05, 4.69) is 20.8 Å². The number of piperidine rings is 1. The molecule has 0 N–H and O–H groups in total. The number of carbonyl (C=O) groups is 1. The standard InChI is InChI=1S/C25H32N2O3S2/c1-19-5-11-22(12-6-19)32(29,30)26-15-13-25(14-16-26)27(17-18-31-25)23(28)20-7-9-21(10-8-20)24(2,3)4/h5-12H,13-18H2,1-4H3. The van der Waals surface area contributed by atoms with Gasteiger partial charge in [0.05, 0.1) is 9.77 Å². The zero-order valence-electron chi connectivity index (χ0n) is 19.3. The fourth-order valence-corrected chi connectivity index (χ4v) is 7.41. The van der Waals surface area contributed by atoms with Gasteiger partial charge in [-0.2, -0.15) is 4.31 Å². The number of thioether (sulfide) groups is 1. The first-order valence-corrected chi connectivity index (χ1v) is 13.6. The van der Waals surface area contributed by atoms with Gasteiger partial charge >= 0.3 is 0 Å². The molecular weight excluding hydrogens is 440 g/mol. The Kier molecular flexibility index (Phi) is 6.20. The minimum atomic E-state index is -3.51. The summed E-state index contributed by atoms with van der Waals surface area (Å²) in [5, 5.41) is 0. The lowest BCUT2D eigenvalue weighted by molar-refractivity contribution is 0.0605. The van der Waals surface area contributed by atoms with Crippen molar-refractivity contribution in [2.24, 2.45) is 0 Å². The lowest BCUT2D eigenvalue weighted by Gasteiger charge is -2.43. The topological polar surface area (TPSA) is 57.7 Å². The SMILES string of the molecule is Cc1ccc(S(=O)(=O)N2CCC3(CC2)SCCN3C(=O)c2ccc(C(C)(C)C)cc2)cc1. The summed E-state index contributed by atoms with van der Waals surface area (Å²) in [7, 11) is -3.51. The molecule has 0 aliphatic carbocycles. The summed E-state index contributed by atoms with van der Waals surface area (Å²) in [4.78, 5) is 15.4.